The minimum atomic E-state index is 0.458. The molecule has 0 saturated heterocycles. The van der Waals surface area contributed by atoms with Crippen LogP contribution < -0.4 is 0 Å². The van der Waals surface area contributed by atoms with Crippen LogP contribution in [0.5, 0.6) is 0 Å². The molecule has 3 aromatic rings. The molecule has 1 aromatic carbocycles. The van der Waals surface area contributed by atoms with E-state index in [2.05, 4.69) is 51.9 Å². The summed E-state index contributed by atoms with van der Waals surface area (Å²) in [5.74, 6) is 1.06. The fourth-order valence-electron chi connectivity index (χ4n) is 1.96. The lowest BCUT2D eigenvalue weighted by atomic mass is 10.0. The first-order valence-corrected chi connectivity index (χ1v) is 6.95. The third kappa shape index (κ3) is 2.28. The van der Waals surface area contributed by atoms with Gasteiger partial charge in [-0.3, -0.25) is 4.98 Å². The molecule has 2 heterocycles. The first-order valence-electron chi connectivity index (χ1n) is 6.15. The first-order chi connectivity index (χ1) is 9.15. The summed E-state index contributed by atoms with van der Waals surface area (Å²) in [5, 5.41) is 0. The smallest absolute Gasteiger partial charge is 0.228 e. The number of rotatable bonds is 2. The number of benzene rings is 1. The SMILES string of the molecule is CC(C)c1cc(Br)c2oc(-c3cccnc3)nc2c1. The molecule has 2 aromatic heterocycles. The highest BCUT2D eigenvalue weighted by atomic mass is 79.9. The maximum atomic E-state index is 5.82. The Morgan fingerprint density at radius 1 is 1.26 bits per heavy atom. The van der Waals surface area contributed by atoms with E-state index in [1.54, 1.807) is 12.4 Å². The normalized spacial score (nSPS) is 11.4. The molecule has 0 aliphatic rings. The monoisotopic (exact) mass is 316 g/mol. The van der Waals surface area contributed by atoms with E-state index in [0.29, 0.717) is 11.8 Å². The van der Waals surface area contributed by atoms with Crippen molar-refractivity contribution >= 4 is 27.0 Å². The van der Waals surface area contributed by atoms with Crippen LogP contribution >= 0.6 is 15.9 Å². The average Bonchev–Trinajstić information content (AvgIpc) is 2.84. The minimum absolute atomic E-state index is 0.458. The van der Waals surface area contributed by atoms with Crippen molar-refractivity contribution in [1.82, 2.24) is 9.97 Å². The van der Waals surface area contributed by atoms with Gasteiger partial charge in [0.2, 0.25) is 5.89 Å². The van der Waals surface area contributed by atoms with Gasteiger partial charge in [0.1, 0.15) is 5.52 Å². The highest BCUT2D eigenvalue weighted by molar-refractivity contribution is 9.10. The van der Waals surface area contributed by atoms with Crippen LogP contribution in [0, 0.1) is 0 Å². The van der Waals surface area contributed by atoms with Gasteiger partial charge >= 0.3 is 0 Å². The van der Waals surface area contributed by atoms with Crippen LogP contribution in [0.4, 0.5) is 0 Å². The van der Waals surface area contributed by atoms with E-state index in [1.807, 2.05) is 12.1 Å². The number of aromatic nitrogens is 2. The van der Waals surface area contributed by atoms with Gasteiger partial charge in [-0.1, -0.05) is 13.8 Å². The molecule has 0 spiro atoms. The molecule has 0 N–H and O–H groups in total. The number of oxazole rings is 1. The van der Waals surface area contributed by atoms with E-state index in [1.165, 1.54) is 5.56 Å². The lowest BCUT2D eigenvalue weighted by Gasteiger charge is -2.04. The number of halogens is 1. The molecule has 4 heteroatoms. The Kier molecular flexibility index (Phi) is 3.11. The molecule has 0 radical (unpaired) electrons. The number of pyridine rings is 1. The second-order valence-electron chi connectivity index (χ2n) is 4.77. The van der Waals surface area contributed by atoms with Gasteiger partial charge in [0.05, 0.1) is 10.0 Å². The number of hydrogen-bond acceptors (Lipinski definition) is 3. The molecule has 96 valence electrons. The molecule has 0 aliphatic carbocycles. The molecule has 0 saturated carbocycles. The van der Waals surface area contributed by atoms with Gasteiger partial charge in [0.25, 0.3) is 0 Å². The molecule has 0 fully saturated rings. The molecule has 19 heavy (non-hydrogen) atoms. The Hall–Kier alpha value is -1.68. The van der Waals surface area contributed by atoms with E-state index in [9.17, 15) is 0 Å². The van der Waals surface area contributed by atoms with Gasteiger partial charge in [-0.2, -0.15) is 0 Å². The highest BCUT2D eigenvalue weighted by Crippen LogP contribution is 2.32. The molecule has 3 nitrogen and oxygen atoms in total. The molecule has 0 atom stereocenters. The van der Waals surface area contributed by atoms with Gasteiger partial charge in [0, 0.05) is 12.4 Å². The van der Waals surface area contributed by atoms with E-state index in [0.717, 1.165) is 21.1 Å². The van der Waals surface area contributed by atoms with Crippen molar-refractivity contribution in [2.24, 2.45) is 0 Å². The van der Waals surface area contributed by atoms with Gasteiger partial charge in [-0.05, 0) is 51.7 Å². The average molecular weight is 317 g/mol. The molecule has 0 unspecified atom stereocenters. The Morgan fingerprint density at radius 3 is 2.79 bits per heavy atom. The summed E-state index contributed by atoms with van der Waals surface area (Å²) in [5.41, 5.74) is 3.78. The summed E-state index contributed by atoms with van der Waals surface area (Å²) in [6, 6.07) is 7.98. The number of hydrogen-bond donors (Lipinski definition) is 0. The third-order valence-corrected chi connectivity index (χ3v) is 3.63. The first kappa shape index (κ1) is 12.4. The van der Waals surface area contributed by atoms with Crippen molar-refractivity contribution < 1.29 is 4.42 Å². The summed E-state index contributed by atoms with van der Waals surface area (Å²) >= 11 is 3.55. The molecule has 0 aliphatic heterocycles. The summed E-state index contributed by atoms with van der Waals surface area (Å²) in [6.07, 6.45) is 3.49. The van der Waals surface area contributed by atoms with E-state index in [-0.39, 0.29) is 0 Å². The number of nitrogens with zero attached hydrogens (tertiary/aromatic N) is 2. The van der Waals surface area contributed by atoms with Crippen molar-refractivity contribution in [3.05, 3.63) is 46.7 Å². The van der Waals surface area contributed by atoms with Gasteiger partial charge in [-0.15, -0.1) is 0 Å². The van der Waals surface area contributed by atoms with Gasteiger partial charge in [0.15, 0.2) is 5.58 Å². The maximum absolute atomic E-state index is 5.82. The molecular weight excluding hydrogens is 304 g/mol. The van der Waals surface area contributed by atoms with Crippen LogP contribution in [-0.2, 0) is 0 Å². The summed E-state index contributed by atoms with van der Waals surface area (Å²) in [4.78, 5) is 8.64. The number of fused-ring (bicyclic) bond motifs is 1. The largest absolute Gasteiger partial charge is 0.435 e. The van der Waals surface area contributed by atoms with Crippen LogP contribution in [0.1, 0.15) is 25.3 Å². The quantitative estimate of drug-likeness (QED) is 0.683. The molecular formula is C15H13BrN2O. The van der Waals surface area contributed by atoms with Crippen LogP contribution in [0.25, 0.3) is 22.6 Å². The van der Waals surface area contributed by atoms with Gasteiger partial charge in [-0.25, -0.2) is 4.98 Å². The van der Waals surface area contributed by atoms with Crippen LogP contribution in [0.2, 0.25) is 0 Å². The Labute approximate surface area is 119 Å². The Morgan fingerprint density at radius 2 is 2.11 bits per heavy atom. The fourth-order valence-corrected chi connectivity index (χ4v) is 2.51. The lowest BCUT2D eigenvalue weighted by molar-refractivity contribution is 0.617. The minimum Gasteiger partial charge on any atom is -0.435 e. The van der Waals surface area contributed by atoms with E-state index in [4.69, 9.17) is 4.42 Å². The van der Waals surface area contributed by atoms with Crippen molar-refractivity contribution in [3.8, 4) is 11.5 Å². The summed E-state index contributed by atoms with van der Waals surface area (Å²) in [7, 11) is 0. The Bertz CT molecular complexity index is 720. The third-order valence-electron chi connectivity index (χ3n) is 3.04. The second-order valence-corrected chi connectivity index (χ2v) is 5.62. The van der Waals surface area contributed by atoms with Crippen molar-refractivity contribution in [2.75, 3.05) is 0 Å². The van der Waals surface area contributed by atoms with Crippen molar-refractivity contribution in [1.29, 1.82) is 0 Å². The maximum Gasteiger partial charge on any atom is 0.228 e. The van der Waals surface area contributed by atoms with E-state index >= 15 is 0 Å². The van der Waals surface area contributed by atoms with Crippen molar-refractivity contribution in [2.45, 2.75) is 19.8 Å². The summed E-state index contributed by atoms with van der Waals surface area (Å²) in [6.45, 7) is 4.32. The van der Waals surface area contributed by atoms with Crippen molar-refractivity contribution in [3.63, 3.8) is 0 Å². The predicted molar refractivity (Wildman–Crippen MR) is 79.0 cm³/mol. The zero-order valence-corrected chi connectivity index (χ0v) is 12.3. The van der Waals surface area contributed by atoms with Gasteiger partial charge < -0.3 is 4.42 Å². The standard InChI is InChI=1S/C15H13BrN2O/c1-9(2)11-6-12(16)14-13(7-11)18-15(19-14)10-4-3-5-17-8-10/h3-9H,1-2H3. The lowest BCUT2D eigenvalue weighted by Crippen LogP contribution is -1.87. The summed E-state index contributed by atoms with van der Waals surface area (Å²) < 4.78 is 6.76. The Balaban J connectivity index is 2.18. The van der Waals surface area contributed by atoms with E-state index < -0.39 is 0 Å². The predicted octanol–water partition coefficient (Wildman–Crippen LogP) is 4.78. The van der Waals surface area contributed by atoms with Crippen LogP contribution in [0.3, 0.4) is 0 Å². The second kappa shape index (κ2) is 4.78. The fraction of sp³-hybridized carbons (Fsp3) is 0.200. The van der Waals surface area contributed by atoms with Crippen LogP contribution in [0.15, 0.2) is 45.5 Å². The topological polar surface area (TPSA) is 38.9 Å². The van der Waals surface area contributed by atoms with Crippen LogP contribution in [-0.4, -0.2) is 9.97 Å². The molecule has 3 rings (SSSR count). The zero-order valence-electron chi connectivity index (χ0n) is 10.7. The molecule has 0 amide bonds. The highest BCUT2D eigenvalue weighted by Gasteiger charge is 2.13. The molecule has 0 bridgehead atoms. The zero-order chi connectivity index (χ0) is 13.4.